The molecule has 2 rings (SSSR count). The maximum Gasteiger partial charge on any atom is 0.151 e. The molecule has 5 heteroatoms. The summed E-state index contributed by atoms with van der Waals surface area (Å²) < 4.78 is 1.72. The molecule has 0 amide bonds. The van der Waals surface area contributed by atoms with Gasteiger partial charge in [0.15, 0.2) is 5.69 Å². The molecule has 0 saturated heterocycles. The van der Waals surface area contributed by atoms with E-state index in [1.807, 2.05) is 25.1 Å². The van der Waals surface area contributed by atoms with Gasteiger partial charge in [0, 0.05) is 0 Å². The Balaban J connectivity index is 2.34. The van der Waals surface area contributed by atoms with E-state index in [1.165, 1.54) is 0 Å². The molecule has 0 aliphatic carbocycles. The molecule has 0 spiro atoms. The Hall–Kier alpha value is -2.48. The van der Waals surface area contributed by atoms with Crippen LogP contribution in [0.15, 0.2) is 29.4 Å². The minimum Gasteiger partial charge on any atom is -0.263 e. The third-order valence-corrected chi connectivity index (χ3v) is 2.82. The summed E-state index contributed by atoms with van der Waals surface area (Å²) in [6, 6.07) is 9.41. The van der Waals surface area contributed by atoms with Crippen molar-refractivity contribution in [3.63, 3.8) is 0 Å². The van der Waals surface area contributed by atoms with Gasteiger partial charge in [0.25, 0.3) is 0 Å². The van der Waals surface area contributed by atoms with E-state index >= 15 is 0 Å². The van der Waals surface area contributed by atoms with Gasteiger partial charge in [0.05, 0.1) is 29.6 Å². The van der Waals surface area contributed by atoms with Crippen molar-refractivity contribution in [3.05, 3.63) is 51.7 Å². The zero-order valence-corrected chi connectivity index (χ0v) is 10.2. The topological polar surface area (TPSA) is 71.0 Å². The lowest BCUT2D eigenvalue weighted by Gasteiger charge is -2.04. The van der Waals surface area contributed by atoms with Crippen LogP contribution in [0.25, 0.3) is 0 Å². The first-order valence-corrected chi connectivity index (χ1v) is 5.52. The smallest absolute Gasteiger partial charge is 0.151 e. The van der Waals surface area contributed by atoms with Crippen molar-refractivity contribution in [1.29, 1.82) is 5.26 Å². The zero-order chi connectivity index (χ0) is 13.1. The predicted molar refractivity (Wildman–Crippen MR) is 67.4 cm³/mol. The van der Waals surface area contributed by atoms with Gasteiger partial charge < -0.3 is 0 Å². The fraction of sp³-hybridized carbons (Fsp3) is 0.231. The fourth-order valence-corrected chi connectivity index (χ4v) is 1.89. The summed E-state index contributed by atoms with van der Waals surface area (Å²) >= 11 is 0. The van der Waals surface area contributed by atoms with Crippen LogP contribution in [0.3, 0.4) is 0 Å². The Morgan fingerprint density at radius 3 is 2.83 bits per heavy atom. The van der Waals surface area contributed by atoms with Gasteiger partial charge in [-0.2, -0.15) is 10.4 Å². The summed E-state index contributed by atoms with van der Waals surface area (Å²) in [5.41, 5.74) is 3.34. The number of nitroso groups, excluding NO2 is 1. The second kappa shape index (κ2) is 4.80. The Morgan fingerprint density at radius 1 is 1.44 bits per heavy atom. The van der Waals surface area contributed by atoms with E-state index in [-0.39, 0.29) is 0 Å². The van der Waals surface area contributed by atoms with Gasteiger partial charge in [0.1, 0.15) is 0 Å². The van der Waals surface area contributed by atoms with Gasteiger partial charge in [-0.15, -0.1) is 4.91 Å². The van der Waals surface area contributed by atoms with Crippen molar-refractivity contribution in [2.75, 3.05) is 0 Å². The summed E-state index contributed by atoms with van der Waals surface area (Å²) in [6.07, 6.45) is 0. The van der Waals surface area contributed by atoms with Crippen molar-refractivity contribution >= 4 is 5.69 Å². The number of hydrogen-bond acceptors (Lipinski definition) is 4. The first kappa shape index (κ1) is 12.0. The third kappa shape index (κ3) is 2.13. The maximum atomic E-state index is 10.7. The first-order chi connectivity index (χ1) is 8.65. The summed E-state index contributed by atoms with van der Waals surface area (Å²) in [6.45, 7) is 4.09. The number of nitriles is 1. The molecule has 5 nitrogen and oxygen atoms in total. The van der Waals surface area contributed by atoms with E-state index < -0.39 is 0 Å². The molecule has 90 valence electrons. The summed E-state index contributed by atoms with van der Waals surface area (Å²) in [5, 5.41) is 16.1. The van der Waals surface area contributed by atoms with Gasteiger partial charge in [-0.1, -0.05) is 12.1 Å². The Bertz CT molecular complexity index is 637. The summed E-state index contributed by atoms with van der Waals surface area (Å²) in [4.78, 5) is 10.7. The third-order valence-electron chi connectivity index (χ3n) is 2.82. The highest BCUT2D eigenvalue weighted by Gasteiger charge is 2.12. The highest BCUT2D eigenvalue weighted by Crippen LogP contribution is 2.23. The van der Waals surface area contributed by atoms with Crippen molar-refractivity contribution in [2.24, 2.45) is 5.18 Å². The normalized spacial score (nSPS) is 10.1. The van der Waals surface area contributed by atoms with E-state index in [1.54, 1.807) is 17.7 Å². The Labute approximate surface area is 105 Å². The molecular weight excluding hydrogens is 228 g/mol. The molecule has 0 atom stereocenters. The van der Waals surface area contributed by atoms with Gasteiger partial charge in [-0.3, -0.25) is 4.68 Å². The second-order valence-electron chi connectivity index (χ2n) is 4.08. The monoisotopic (exact) mass is 240 g/mol. The Morgan fingerprint density at radius 2 is 2.22 bits per heavy atom. The van der Waals surface area contributed by atoms with Crippen molar-refractivity contribution in [3.8, 4) is 6.07 Å². The second-order valence-corrected chi connectivity index (χ2v) is 4.08. The SMILES string of the molecule is Cc1nn(Cc2cccc(C#N)c2)c(C)c1N=O. The van der Waals surface area contributed by atoms with Gasteiger partial charge >= 0.3 is 0 Å². The first-order valence-electron chi connectivity index (χ1n) is 5.52. The number of aryl methyl sites for hydroxylation is 1. The molecule has 1 aromatic heterocycles. The molecule has 0 aliphatic rings. The van der Waals surface area contributed by atoms with Crippen LogP contribution in [0.4, 0.5) is 5.69 Å². The van der Waals surface area contributed by atoms with Crippen LogP contribution in [0.5, 0.6) is 0 Å². The fourth-order valence-electron chi connectivity index (χ4n) is 1.89. The molecule has 18 heavy (non-hydrogen) atoms. The molecule has 1 aromatic carbocycles. The van der Waals surface area contributed by atoms with E-state index in [4.69, 9.17) is 5.26 Å². The van der Waals surface area contributed by atoms with Crippen LogP contribution in [0, 0.1) is 30.1 Å². The average Bonchev–Trinajstić information content (AvgIpc) is 2.64. The quantitative estimate of drug-likeness (QED) is 0.774. The van der Waals surface area contributed by atoms with Crippen molar-refractivity contribution in [2.45, 2.75) is 20.4 Å². The molecule has 0 unspecified atom stereocenters. The molecule has 1 heterocycles. The number of rotatable bonds is 3. The molecule has 0 bridgehead atoms. The zero-order valence-electron chi connectivity index (χ0n) is 10.2. The van der Waals surface area contributed by atoms with Crippen LogP contribution in [0.1, 0.15) is 22.5 Å². The minimum atomic E-state index is 0.395. The van der Waals surface area contributed by atoms with E-state index in [9.17, 15) is 4.91 Å². The number of nitrogens with zero attached hydrogens (tertiary/aromatic N) is 4. The molecule has 0 N–H and O–H groups in total. The molecule has 0 aliphatic heterocycles. The lowest BCUT2D eigenvalue weighted by molar-refractivity contribution is 0.659. The molecule has 0 radical (unpaired) electrons. The van der Waals surface area contributed by atoms with Crippen molar-refractivity contribution < 1.29 is 0 Å². The predicted octanol–water partition coefficient (Wildman–Crippen LogP) is 2.82. The highest BCUT2D eigenvalue weighted by atomic mass is 16.3. The van der Waals surface area contributed by atoms with Gasteiger partial charge in [-0.05, 0) is 36.7 Å². The van der Waals surface area contributed by atoms with Crippen molar-refractivity contribution in [1.82, 2.24) is 9.78 Å². The van der Waals surface area contributed by atoms with Crippen LogP contribution in [-0.2, 0) is 6.54 Å². The van der Waals surface area contributed by atoms with E-state index in [0.717, 1.165) is 11.3 Å². The molecular formula is C13H12N4O. The van der Waals surface area contributed by atoms with Crippen LogP contribution < -0.4 is 0 Å². The number of benzene rings is 1. The largest absolute Gasteiger partial charge is 0.263 e. The average molecular weight is 240 g/mol. The van der Waals surface area contributed by atoms with Gasteiger partial charge in [0.2, 0.25) is 0 Å². The standard InChI is InChI=1S/C13H12N4O/c1-9-13(16-18)10(2)17(15-9)8-12-5-3-4-11(6-12)7-14/h3-6H,8H2,1-2H3. The molecule has 0 fully saturated rings. The van der Waals surface area contributed by atoms with Crippen LogP contribution in [0.2, 0.25) is 0 Å². The highest BCUT2D eigenvalue weighted by molar-refractivity contribution is 5.46. The number of aromatic nitrogens is 2. The van der Waals surface area contributed by atoms with Crippen LogP contribution >= 0.6 is 0 Å². The summed E-state index contributed by atoms with van der Waals surface area (Å²) in [7, 11) is 0. The van der Waals surface area contributed by atoms with E-state index in [2.05, 4.69) is 16.3 Å². The lowest BCUT2D eigenvalue weighted by atomic mass is 10.1. The minimum absolute atomic E-state index is 0.395. The Kier molecular flexibility index (Phi) is 3.20. The van der Waals surface area contributed by atoms with Crippen LogP contribution in [-0.4, -0.2) is 9.78 Å². The number of hydrogen-bond donors (Lipinski definition) is 0. The maximum absolute atomic E-state index is 10.7. The molecule has 2 aromatic rings. The van der Waals surface area contributed by atoms with Gasteiger partial charge in [-0.25, -0.2) is 0 Å². The molecule has 0 saturated carbocycles. The lowest BCUT2D eigenvalue weighted by Crippen LogP contribution is -2.04. The van der Waals surface area contributed by atoms with E-state index in [0.29, 0.717) is 23.5 Å². The summed E-state index contributed by atoms with van der Waals surface area (Å²) in [5.74, 6) is 0.